The summed E-state index contributed by atoms with van der Waals surface area (Å²) in [6.45, 7) is 12.2. The molecule has 0 aliphatic heterocycles. The number of fused-ring (bicyclic) bond motifs is 1. The van der Waals surface area contributed by atoms with Crippen LogP contribution in [0.25, 0.3) is 21.9 Å². The molecule has 0 radical (unpaired) electrons. The minimum absolute atomic E-state index is 0.0156. The maximum absolute atomic E-state index is 11.2. The molecule has 0 heterocycles. The molecule has 0 fully saturated rings. The first-order chi connectivity index (χ1) is 27.4. The van der Waals surface area contributed by atoms with Gasteiger partial charge in [0, 0.05) is 44.5 Å². The fraction of sp³-hybridized carbons (Fsp3) is 0.160. The first-order valence-electron chi connectivity index (χ1n) is 18.4. The lowest BCUT2D eigenvalue weighted by Gasteiger charge is -2.03. The highest BCUT2D eigenvalue weighted by atomic mass is 16.1. The van der Waals surface area contributed by atoms with Crippen molar-refractivity contribution in [2.75, 3.05) is 0 Å². The van der Waals surface area contributed by atoms with Gasteiger partial charge in [-0.3, -0.25) is 38.4 Å². The van der Waals surface area contributed by atoms with Crippen LogP contribution in [0.1, 0.15) is 138 Å². The fourth-order valence-electron chi connectivity index (χ4n) is 5.38. The Bertz CT molecular complexity index is 2320. The van der Waals surface area contributed by atoms with Gasteiger partial charge in [0.25, 0.3) is 0 Å². The lowest BCUT2D eigenvalue weighted by Crippen LogP contribution is -1.96. The van der Waals surface area contributed by atoms with Crippen LogP contribution in [0.4, 0.5) is 0 Å². The Kier molecular flexibility index (Phi) is 16.6. The molecular weight excluding hydrogens is 729 g/mol. The normalized spacial score (nSPS) is 9.93. The molecule has 8 nitrogen and oxygen atoms in total. The molecule has 0 aromatic heterocycles. The van der Waals surface area contributed by atoms with Crippen molar-refractivity contribution in [3.8, 4) is 11.1 Å². The van der Waals surface area contributed by atoms with Crippen molar-refractivity contribution >= 4 is 57.0 Å². The molecule has 0 aliphatic rings. The number of ketones is 8. The molecule has 0 saturated carbocycles. The Hall–Kier alpha value is -7.06. The molecule has 0 aliphatic carbocycles. The van der Waals surface area contributed by atoms with Crippen LogP contribution >= 0.6 is 0 Å². The van der Waals surface area contributed by atoms with Crippen molar-refractivity contribution < 1.29 is 38.4 Å². The van der Waals surface area contributed by atoms with Crippen molar-refractivity contribution in [2.45, 2.75) is 55.4 Å². The van der Waals surface area contributed by atoms with Crippen molar-refractivity contribution in [1.82, 2.24) is 0 Å². The second kappa shape index (κ2) is 21.3. The lowest BCUT2D eigenvalue weighted by atomic mass is 10.0. The lowest BCUT2D eigenvalue weighted by molar-refractivity contribution is 0.1000. The summed E-state index contributed by atoms with van der Waals surface area (Å²) in [6, 6.07) is 39.3. The molecule has 58 heavy (non-hydrogen) atoms. The molecule has 294 valence electrons. The highest BCUT2D eigenvalue weighted by Crippen LogP contribution is 2.21. The van der Waals surface area contributed by atoms with E-state index in [-0.39, 0.29) is 46.3 Å². The van der Waals surface area contributed by atoms with E-state index >= 15 is 0 Å². The molecule has 0 spiro atoms. The van der Waals surface area contributed by atoms with E-state index in [9.17, 15) is 38.4 Å². The van der Waals surface area contributed by atoms with Crippen molar-refractivity contribution in [2.24, 2.45) is 0 Å². The smallest absolute Gasteiger partial charge is 0.159 e. The minimum Gasteiger partial charge on any atom is -0.295 e. The standard InChI is InChI=1S/C16H14O2.C14H12O2.2C10H10O2/c1-11(17)13-3-7-15(8-4-13)16-9-5-14(6-10-16)12(2)18;1-9(15)11-3-5-14-8-12(10(2)16)4-6-13(14)7-11;1-7(11)9-3-5-10(6-4-9)8(2)12;1-7(11)9-4-3-5-10(6-9)8(2)12/h3-10H,1-2H3;3-8H,1-2H3;2*3-6H,1-2H3. The average Bonchev–Trinajstić information content (AvgIpc) is 3.21. The molecule has 0 N–H and O–H groups in total. The van der Waals surface area contributed by atoms with Crippen molar-refractivity contribution in [3.63, 3.8) is 0 Å². The maximum Gasteiger partial charge on any atom is 0.159 e. The van der Waals surface area contributed by atoms with Crippen LogP contribution < -0.4 is 0 Å². The van der Waals surface area contributed by atoms with Crippen LogP contribution in [0.15, 0.2) is 133 Å². The summed E-state index contributed by atoms with van der Waals surface area (Å²) >= 11 is 0. The average molecular weight is 775 g/mol. The third kappa shape index (κ3) is 13.6. The zero-order valence-electron chi connectivity index (χ0n) is 34.0. The van der Waals surface area contributed by atoms with Gasteiger partial charge in [-0.2, -0.15) is 0 Å². The van der Waals surface area contributed by atoms with Crippen molar-refractivity contribution in [3.05, 3.63) is 178 Å². The summed E-state index contributed by atoms with van der Waals surface area (Å²) in [5.74, 6) is 0.239. The largest absolute Gasteiger partial charge is 0.295 e. The van der Waals surface area contributed by atoms with Gasteiger partial charge in [0.15, 0.2) is 46.3 Å². The predicted octanol–water partition coefficient (Wildman–Crippen LogP) is 11.2. The van der Waals surface area contributed by atoms with Crippen LogP contribution in [0.2, 0.25) is 0 Å². The van der Waals surface area contributed by atoms with Gasteiger partial charge in [-0.25, -0.2) is 0 Å². The van der Waals surface area contributed by atoms with E-state index in [2.05, 4.69) is 0 Å². The highest BCUT2D eigenvalue weighted by Gasteiger charge is 2.06. The molecular formula is C50H46O8. The second-order valence-corrected chi connectivity index (χ2v) is 13.5. The summed E-state index contributed by atoms with van der Waals surface area (Å²) in [7, 11) is 0. The van der Waals surface area contributed by atoms with Gasteiger partial charge in [-0.15, -0.1) is 0 Å². The highest BCUT2D eigenvalue weighted by molar-refractivity contribution is 6.02. The molecule has 6 rings (SSSR count). The zero-order chi connectivity index (χ0) is 43.1. The third-order valence-corrected chi connectivity index (χ3v) is 8.94. The summed E-state index contributed by atoms with van der Waals surface area (Å²) in [5, 5.41) is 1.97. The Morgan fingerprint density at radius 3 is 0.690 bits per heavy atom. The third-order valence-electron chi connectivity index (χ3n) is 8.94. The summed E-state index contributed by atoms with van der Waals surface area (Å²) < 4.78 is 0. The summed E-state index contributed by atoms with van der Waals surface area (Å²) in [6.07, 6.45) is 0. The van der Waals surface area contributed by atoms with Gasteiger partial charge in [0.2, 0.25) is 0 Å². The van der Waals surface area contributed by atoms with Gasteiger partial charge < -0.3 is 0 Å². The van der Waals surface area contributed by atoms with Gasteiger partial charge in [-0.05, 0) is 95.5 Å². The fourth-order valence-corrected chi connectivity index (χ4v) is 5.38. The Morgan fingerprint density at radius 2 is 0.448 bits per heavy atom. The predicted molar refractivity (Wildman–Crippen MR) is 229 cm³/mol. The molecule has 0 bridgehead atoms. The number of Topliss-reactive ketones (excluding diaryl/α,β-unsaturated/α-hetero) is 8. The molecule has 0 unspecified atom stereocenters. The number of benzene rings is 6. The number of hydrogen-bond acceptors (Lipinski definition) is 8. The number of carbonyl (C=O) groups excluding carboxylic acids is 8. The maximum atomic E-state index is 11.2. The van der Waals surface area contributed by atoms with E-state index in [0.717, 1.165) is 21.9 Å². The van der Waals surface area contributed by atoms with Crippen molar-refractivity contribution in [1.29, 1.82) is 0 Å². The molecule has 6 aromatic carbocycles. The van der Waals surface area contributed by atoms with E-state index in [1.54, 1.807) is 88.4 Å². The Balaban J connectivity index is 0.000000210. The van der Waals surface area contributed by atoms with Crippen LogP contribution in [0.5, 0.6) is 0 Å². The van der Waals surface area contributed by atoms with E-state index in [0.29, 0.717) is 44.5 Å². The van der Waals surface area contributed by atoms with Gasteiger partial charge in [0.05, 0.1) is 0 Å². The second-order valence-electron chi connectivity index (χ2n) is 13.5. The first-order valence-corrected chi connectivity index (χ1v) is 18.4. The molecule has 6 aromatic rings. The van der Waals surface area contributed by atoms with Crippen LogP contribution in [-0.4, -0.2) is 46.3 Å². The van der Waals surface area contributed by atoms with E-state index in [1.807, 2.05) is 72.8 Å². The van der Waals surface area contributed by atoms with E-state index < -0.39 is 0 Å². The quantitative estimate of drug-likeness (QED) is 0.132. The summed E-state index contributed by atoms with van der Waals surface area (Å²) in [5.41, 5.74) is 7.33. The number of rotatable bonds is 9. The number of carbonyl (C=O) groups is 8. The Labute approximate surface area is 338 Å². The van der Waals surface area contributed by atoms with Gasteiger partial charge in [-0.1, -0.05) is 115 Å². The monoisotopic (exact) mass is 774 g/mol. The van der Waals surface area contributed by atoms with Gasteiger partial charge >= 0.3 is 0 Å². The molecule has 0 amide bonds. The number of hydrogen-bond donors (Lipinski definition) is 0. The van der Waals surface area contributed by atoms with Crippen LogP contribution in [-0.2, 0) is 0 Å². The Morgan fingerprint density at radius 1 is 0.241 bits per heavy atom. The van der Waals surface area contributed by atoms with E-state index in [4.69, 9.17) is 0 Å². The topological polar surface area (TPSA) is 137 Å². The summed E-state index contributed by atoms with van der Waals surface area (Å²) in [4.78, 5) is 88.3. The van der Waals surface area contributed by atoms with Gasteiger partial charge in [0.1, 0.15) is 0 Å². The van der Waals surface area contributed by atoms with E-state index in [1.165, 1.54) is 27.7 Å². The SMILES string of the molecule is CC(=O)c1ccc(-c2ccc(C(C)=O)cc2)cc1.CC(=O)c1ccc(C(C)=O)cc1.CC(=O)c1ccc2cc(C(C)=O)ccc2c1.CC(=O)c1cccc(C(C)=O)c1. The zero-order valence-corrected chi connectivity index (χ0v) is 34.0. The molecule has 0 atom stereocenters. The molecule has 0 saturated heterocycles. The van der Waals surface area contributed by atoms with Crippen LogP contribution in [0.3, 0.4) is 0 Å². The molecule has 8 heteroatoms. The van der Waals surface area contributed by atoms with Crippen LogP contribution in [0, 0.1) is 0 Å². The minimum atomic E-state index is -0.0156. The first kappa shape index (κ1) is 45.3.